The first-order chi connectivity index (χ1) is 7.30. The van der Waals surface area contributed by atoms with Crippen molar-refractivity contribution >= 4 is 0 Å². The Morgan fingerprint density at radius 3 is 3.20 bits per heavy atom. The number of aliphatic hydroxyl groups excluding tert-OH is 1. The number of nitrogens with zero attached hydrogens (tertiary/aromatic N) is 1. The molecule has 88 valence electrons. The maximum atomic E-state index is 9.17. The molecule has 2 saturated heterocycles. The van der Waals surface area contributed by atoms with E-state index in [2.05, 4.69) is 17.1 Å². The Bertz CT molecular complexity index is 209. The van der Waals surface area contributed by atoms with Gasteiger partial charge in [-0.05, 0) is 6.42 Å². The third-order valence-electron chi connectivity index (χ3n) is 3.64. The molecule has 0 aromatic rings. The summed E-state index contributed by atoms with van der Waals surface area (Å²) in [5.74, 6) is 0. The monoisotopic (exact) mass is 214 g/mol. The van der Waals surface area contributed by atoms with Gasteiger partial charge in [-0.2, -0.15) is 0 Å². The second-order valence-corrected chi connectivity index (χ2v) is 4.73. The highest BCUT2D eigenvalue weighted by Gasteiger charge is 2.42. The van der Waals surface area contributed by atoms with E-state index in [-0.39, 0.29) is 18.2 Å². The van der Waals surface area contributed by atoms with E-state index in [0.717, 1.165) is 32.8 Å². The lowest BCUT2D eigenvalue weighted by atomic mass is 9.88. The minimum absolute atomic E-state index is 0.193. The molecule has 2 N–H and O–H groups in total. The summed E-state index contributed by atoms with van der Waals surface area (Å²) in [5.41, 5.74) is 0.193. The SMILES string of the molecule is CCCC12CN[C@H](CO)CN1CCOC2. The molecular formula is C11H22N2O2. The summed E-state index contributed by atoms with van der Waals surface area (Å²) in [6, 6.07) is 0.244. The fourth-order valence-electron chi connectivity index (χ4n) is 2.78. The Morgan fingerprint density at radius 2 is 2.47 bits per heavy atom. The number of aliphatic hydroxyl groups is 1. The molecule has 2 heterocycles. The van der Waals surface area contributed by atoms with E-state index in [1.807, 2.05) is 0 Å². The Balaban J connectivity index is 2.05. The molecule has 0 amide bonds. The first-order valence-electron chi connectivity index (χ1n) is 5.98. The molecule has 4 nitrogen and oxygen atoms in total. The average Bonchev–Trinajstić information content (AvgIpc) is 2.28. The quantitative estimate of drug-likeness (QED) is 0.684. The minimum Gasteiger partial charge on any atom is -0.395 e. The first kappa shape index (κ1) is 11.3. The smallest absolute Gasteiger partial charge is 0.0663 e. The van der Waals surface area contributed by atoms with E-state index in [4.69, 9.17) is 4.74 Å². The van der Waals surface area contributed by atoms with Gasteiger partial charge in [-0.3, -0.25) is 4.90 Å². The first-order valence-corrected chi connectivity index (χ1v) is 5.98. The maximum Gasteiger partial charge on any atom is 0.0663 e. The molecule has 4 heteroatoms. The zero-order valence-electron chi connectivity index (χ0n) is 9.54. The van der Waals surface area contributed by atoms with Gasteiger partial charge in [-0.15, -0.1) is 0 Å². The Hall–Kier alpha value is -0.160. The number of nitrogens with one attached hydrogen (secondary N) is 1. The summed E-state index contributed by atoms with van der Waals surface area (Å²) in [7, 11) is 0. The van der Waals surface area contributed by atoms with Crippen LogP contribution in [-0.4, -0.2) is 61.0 Å². The topological polar surface area (TPSA) is 44.7 Å². The molecule has 0 aromatic carbocycles. The zero-order chi connectivity index (χ0) is 10.7. The van der Waals surface area contributed by atoms with Crippen LogP contribution in [0.25, 0.3) is 0 Å². The third-order valence-corrected chi connectivity index (χ3v) is 3.64. The number of hydrogen-bond acceptors (Lipinski definition) is 4. The average molecular weight is 214 g/mol. The van der Waals surface area contributed by atoms with Crippen LogP contribution >= 0.6 is 0 Å². The third kappa shape index (κ3) is 2.18. The molecule has 0 saturated carbocycles. The normalized spacial score (nSPS) is 37.6. The summed E-state index contributed by atoms with van der Waals surface area (Å²) >= 11 is 0. The number of fused-ring (bicyclic) bond motifs is 1. The van der Waals surface area contributed by atoms with Crippen molar-refractivity contribution in [2.24, 2.45) is 0 Å². The van der Waals surface area contributed by atoms with Crippen LogP contribution in [0.5, 0.6) is 0 Å². The Labute approximate surface area is 91.6 Å². The number of ether oxygens (including phenoxy) is 1. The fourth-order valence-corrected chi connectivity index (χ4v) is 2.78. The molecule has 0 radical (unpaired) electrons. The van der Waals surface area contributed by atoms with Gasteiger partial charge in [0, 0.05) is 25.7 Å². The van der Waals surface area contributed by atoms with Crippen molar-refractivity contribution in [1.82, 2.24) is 10.2 Å². The van der Waals surface area contributed by atoms with Crippen molar-refractivity contribution in [2.75, 3.05) is 39.5 Å². The van der Waals surface area contributed by atoms with Crippen LogP contribution < -0.4 is 5.32 Å². The van der Waals surface area contributed by atoms with Crippen molar-refractivity contribution in [3.63, 3.8) is 0 Å². The molecule has 2 aliphatic heterocycles. The summed E-state index contributed by atoms with van der Waals surface area (Å²) in [6.45, 7) is 7.05. The van der Waals surface area contributed by atoms with Crippen LogP contribution in [0.1, 0.15) is 19.8 Å². The van der Waals surface area contributed by atoms with Crippen LogP contribution in [-0.2, 0) is 4.74 Å². The van der Waals surface area contributed by atoms with Gasteiger partial charge >= 0.3 is 0 Å². The summed E-state index contributed by atoms with van der Waals surface area (Å²) < 4.78 is 5.62. The second kappa shape index (κ2) is 4.78. The molecule has 0 aliphatic carbocycles. The van der Waals surface area contributed by atoms with Crippen LogP contribution in [0.3, 0.4) is 0 Å². The number of piperazine rings is 1. The number of morpholine rings is 1. The molecule has 0 spiro atoms. The minimum atomic E-state index is 0.193. The van der Waals surface area contributed by atoms with E-state index in [1.54, 1.807) is 0 Å². The van der Waals surface area contributed by atoms with E-state index < -0.39 is 0 Å². The summed E-state index contributed by atoms with van der Waals surface area (Å²) in [4.78, 5) is 2.51. The molecule has 2 fully saturated rings. The Morgan fingerprint density at radius 1 is 1.60 bits per heavy atom. The second-order valence-electron chi connectivity index (χ2n) is 4.73. The van der Waals surface area contributed by atoms with Gasteiger partial charge in [-0.1, -0.05) is 13.3 Å². The van der Waals surface area contributed by atoms with Crippen LogP contribution in [0, 0.1) is 0 Å². The number of hydrogen-bond donors (Lipinski definition) is 2. The molecular weight excluding hydrogens is 192 g/mol. The highest BCUT2D eigenvalue weighted by atomic mass is 16.5. The molecule has 1 unspecified atom stereocenters. The van der Waals surface area contributed by atoms with E-state index in [9.17, 15) is 5.11 Å². The van der Waals surface area contributed by atoms with Crippen LogP contribution in [0.4, 0.5) is 0 Å². The highest BCUT2D eigenvalue weighted by molar-refractivity contribution is 5.00. The predicted molar refractivity (Wildman–Crippen MR) is 58.9 cm³/mol. The van der Waals surface area contributed by atoms with Crippen LogP contribution in [0.2, 0.25) is 0 Å². The fraction of sp³-hybridized carbons (Fsp3) is 1.00. The molecule has 2 atom stereocenters. The lowest BCUT2D eigenvalue weighted by Crippen LogP contribution is -2.69. The van der Waals surface area contributed by atoms with Gasteiger partial charge in [0.2, 0.25) is 0 Å². The molecule has 0 bridgehead atoms. The molecule has 0 aromatic heterocycles. The molecule has 15 heavy (non-hydrogen) atoms. The van der Waals surface area contributed by atoms with Crippen LogP contribution in [0.15, 0.2) is 0 Å². The van der Waals surface area contributed by atoms with E-state index >= 15 is 0 Å². The summed E-state index contributed by atoms with van der Waals surface area (Å²) in [5, 5.41) is 12.6. The van der Waals surface area contributed by atoms with Crippen molar-refractivity contribution in [3.05, 3.63) is 0 Å². The van der Waals surface area contributed by atoms with E-state index in [0.29, 0.717) is 0 Å². The van der Waals surface area contributed by atoms with Gasteiger partial charge in [0.05, 0.1) is 25.4 Å². The Kier molecular flexibility index (Phi) is 3.61. The predicted octanol–water partition coefficient (Wildman–Crippen LogP) is -0.178. The zero-order valence-corrected chi connectivity index (χ0v) is 9.54. The van der Waals surface area contributed by atoms with Crippen molar-refractivity contribution in [2.45, 2.75) is 31.3 Å². The maximum absolute atomic E-state index is 9.17. The van der Waals surface area contributed by atoms with Crippen molar-refractivity contribution < 1.29 is 9.84 Å². The number of rotatable bonds is 3. The van der Waals surface area contributed by atoms with Gasteiger partial charge in [0.1, 0.15) is 0 Å². The van der Waals surface area contributed by atoms with Gasteiger partial charge < -0.3 is 15.2 Å². The largest absolute Gasteiger partial charge is 0.395 e. The van der Waals surface area contributed by atoms with Gasteiger partial charge in [0.25, 0.3) is 0 Å². The van der Waals surface area contributed by atoms with Crippen molar-refractivity contribution in [3.8, 4) is 0 Å². The van der Waals surface area contributed by atoms with E-state index in [1.165, 1.54) is 12.8 Å². The lowest BCUT2D eigenvalue weighted by Gasteiger charge is -2.52. The molecule has 2 rings (SSSR count). The van der Waals surface area contributed by atoms with Crippen molar-refractivity contribution in [1.29, 1.82) is 0 Å². The molecule has 2 aliphatic rings. The summed E-state index contributed by atoms with van der Waals surface area (Å²) in [6.07, 6.45) is 2.36. The lowest BCUT2D eigenvalue weighted by molar-refractivity contribution is -0.0949. The van der Waals surface area contributed by atoms with Gasteiger partial charge in [0.15, 0.2) is 0 Å². The standard InChI is InChI=1S/C11H22N2O2/c1-2-3-11-8-12-10(7-14)6-13(11)4-5-15-9-11/h10,12,14H,2-9H2,1H3/t10-,11?/m0/s1. The highest BCUT2D eigenvalue weighted by Crippen LogP contribution is 2.27. The van der Waals surface area contributed by atoms with Gasteiger partial charge in [-0.25, -0.2) is 0 Å².